The molecule has 0 N–H and O–H groups in total. The number of rotatable bonds is 1. The zero-order valence-corrected chi connectivity index (χ0v) is 9.88. The second-order valence-corrected chi connectivity index (χ2v) is 4.62. The molecule has 1 aromatic rings. The van der Waals surface area contributed by atoms with Crippen LogP contribution in [0, 0.1) is 23.5 Å². The Morgan fingerprint density at radius 3 is 2.65 bits per heavy atom. The van der Waals surface area contributed by atoms with E-state index in [-0.39, 0.29) is 11.9 Å². The lowest BCUT2D eigenvalue weighted by atomic mass is 9.92. The fourth-order valence-electron chi connectivity index (χ4n) is 2.27. The molecule has 1 fully saturated rings. The van der Waals surface area contributed by atoms with Gasteiger partial charge in [0.2, 0.25) is 0 Å². The van der Waals surface area contributed by atoms with Gasteiger partial charge < -0.3 is 4.90 Å². The minimum absolute atomic E-state index is 0.0793. The van der Waals surface area contributed by atoms with Gasteiger partial charge in [0, 0.05) is 18.7 Å². The first kappa shape index (κ1) is 12.2. The zero-order chi connectivity index (χ0) is 12.6. The summed E-state index contributed by atoms with van der Waals surface area (Å²) in [6.45, 7) is 4.64. The lowest BCUT2D eigenvalue weighted by molar-refractivity contribution is 0.354. The summed E-state index contributed by atoms with van der Waals surface area (Å²) in [7, 11) is 0. The van der Waals surface area contributed by atoms with Crippen molar-refractivity contribution in [2.75, 3.05) is 11.4 Å². The van der Waals surface area contributed by atoms with Crippen LogP contribution < -0.4 is 4.90 Å². The third kappa shape index (κ3) is 2.23. The second-order valence-electron chi connectivity index (χ2n) is 4.62. The highest BCUT2D eigenvalue weighted by atomic mass is 19.2. The van der Waals surface area contributed by atoms with Gasteiger partial charge in [0.05, 0.1) is 0 Å². The van der Waals surface area contributed by atoms with Gasteiger partial charge in [-0.25, -0.2) is 8.78 Å². The number of pyridine rings is 1. The molecule has 1 aromatic heterocycles. The van der Waals surface area contributed by atoms with Crippen LogP contribution in [0.5, 0.6) is 0 Å². The number of hydrogen-bond acceptors (Lipinski definition) is 2. The van der Waals surface area contributed by atoms with Crippen molar-refractivity contribution in [3.05, 3.63) is 23.6 Å². The van der Waals surface area contributed by atoms with Gasteiger partial charge in [0.15, 0.2) is 17.5 Å². The fourth-order valence-corrected chi connectivity index (χ4v) is 2.27. The molecule has 0 saturated carbocycles. The van der Waals surface area contributed by atoms with Crippen LogP contribution in [0.15, 0.2) is 6.07 Å². The monoisotopic (exact) mass is 244 g/mol. The van der Waals surface area contributed by atoms with E-state index < -0.39 is 17.6 Å². The summed E-state index contributed by atoms with van der Waals surface area (Å²) in [4.78, 5) is 5.10. The molecule has 5 heteroatoms. The van der Waals surface area contributed by atoms with Crippen LogP contribution in [-0.2, 0) is 0 Å². The van der Waals surface area contributed by atoms with Crippen molar-refractivity contribution in [2.45, 2.75) is 32.7 Å². The van der Waals surface area contributed by atoms with Gasteiger partial charge in [0.25, 0.3) is 5.95 Å². The molecule has 0 aromatic carbocycles. The van der Waals surface area contributed by atoms with Crippen molar-refractivity contribution >= 4 is 5.82 Å². The number of piperidine rings is 1. The van der Waals surface area contributed by atoms with E-state index in [1.165, 1.54) is 0 Å². The first-order valence-corrected chi connectivity index (χ1v) is 5.79. The number of anilines is 1. The Bertz CT molecular complexity index is 422. The van der Waals surface area contributed by atoms with Crippen LogP contribution in [0.2, 0.25) is 0 Å². The number of hydrogen-bond donors (Lipinski definition) is 0. The molecular weight excluding hydrogens is 229 g/mol. The van der Waals surface area contributed by atoms with Crippen LogP contribution in [0.4, 0.5) is 19.0 Å². The molecule has 1 aliphatic rings. The Hall–Kier alpha value is -1.26. The van der Waals surface area contributed by atoms with Gasteiger partial charge >= 0.3 is 0 Å². The Morgan fingerprint density at radius 1 is 1.24 bits per heavy atom. The molecule has 2 nitrogen and oxygen atoms in total. The van der Waals surface area contributed by atoms with E-state index in [0.29, 0.717) is 18.5 Å². The Labute approximate surface area is 98.5 Å². The van der Waals surface area contributed by atoms with Gasteiger partial charge in [-0.05, 0) is 25.7 Å². The van der Waals surface area contributed by atoms with Crippen molar-refractivity contribution in [3.63, 3.8) is 0 Å². The lowest BCUT2D eigenvalue weighted by Crippen LogP contribution is -2.43. The molecule has 94 valence electrons. The molecule has 2 rings (SSSR count). The topological polar surface area (TPSA) is 16.1 Å². The molecule has 0 bridgehead atoms. The molecule has 0 radical (unpaired) electrons. The van der Waals surface area contributed by atoms with Crippen molar-refractivity contribution in [1.82, 2.24) is 4.98 Å². The Kier molecular flexibility index (Phi) is 3.26. The summed E-state index contributed by atoms with van der Waals surface area (Å²) < 4.78 is 39.5. The van der Waals surface area contributed by atoms with Crippen LogP contribution in [0.25, 0.3) is 0 Å². The van der Waals surface area contributed by atoms with Crippen molar-refractivity contribution in [1.29, 1.82) is 0 Å². The molecule has 1 saturated heterocycles. The van der Waals surface area contributed by atoms with Gasteiger partial charge in [-0.15, -0.1) is 0 Å². The smallest absolute Gasteiger partial charge is 0.251 e. The van der Waals surface area contributed by atoms with E-state index in [1.54, 1.807) is 4.90 Å². The highest BCUT2D eigenvalue weighted by Gasteiger charge is 2.28. The highest BCUT2D eigenvalue weighted by molar-refractivity contribution is 5.42. The van der Waals surface area contributed by atoms with Crippen LogP contribution in [0.3, 0.4) is 0 Å². The first-order valence-electron chi connectivity index (χ1n) is 5.79. The first-order chi connectivity index (χ1) is 8.00. The maximum atomic E-state index is 13.6. The third-order valence-corrected chi connectivity index (χ3v) is 3.51. The lowest BCUT2D eigenvalue weighted by Gasteiger charge is -2.38. The molecule has 0 amide bonds. The fraction of sp³-hybridized carbons (Fsp3) is 0.583. The number of nitrogens with zero attached hydrogens (tertiary/aromatic N) is 2. The second kappa shape index (κ2) is 4.55. The average molecular weight is 244 g/mol. The van der Waals surface area contributed by atoms with E-state index in [9.17, 15) is 13.2 Å². The summed E-state index contributed by atoms with van der Waals surface area (Å²) in [6.07, 6.45) is 1.97. The molecule has 0 aliphatic carbocycles. The van der Waals surface area contributed by atoms with Crippen LogP contribution in [-0.4, -0.2) is 17.6 Å². The van der Waals surface area contributed by atoms with E-state index in [0.717, 1.165) is 12.8 Å². The maximum Gasteiger partial charge on any atom is 0.251 e. The molecular formula is C12H15F3N2. The minimum Gasteiger partial charge on any atom is -0.351 e. The molecule has 2 unspecified atom stereocenters. The third-order valence-electron chi connectivity index (χ3n) is 3.51. The van der Waals surface area contributed by atoms with Crippen molar-refractivity contribution < 1.29 is 13.2 Å². The summed E-state index contributed by atoms with van der Waals surface area (Å²) in [6, 6.07) is 0.638. The van der Waals surface area contributed by atoms with Gasteiger partial charge in [0.1, 0.15) is 0 Å². The SMILES string of the molecule is CC1CCCN(c2nc(F)c(F)cc2F)C1C. The zero-order valence-electron chi connectivity index (χ0n) is 9.88. The van der Waals surface area contributed by atoms with Gasteiger partial charge in [-0.1, -0.05) is 6.92 Å². The molecule has 2 heterocycles. The minimum atomic E-state index is -1.25. The molecule has 0 spiro atoms. The predicted octanol–water partition coefficient (Wildman–Crippen LogP) is 3.12. The number of halogens is 3. The molecule has 2 atom stereocenters. The normalized spacial score (nSPS) is 25.1. The van der Waals surface area contributed by atoms with Gasteiger partial charge in [-0.3, -0.25) is 0 Å². The van der Waals surface area contributed by atoms with Crippen LogP contribution in [0.1, 0.15) is 26.7 Å². The highest BCUT2D eigenvalue weighted by Crippen LogP contribution is 2.29. The van der Waals surface area contributed by atoms with Crippen molar-refractivity contribution in [2.24, 2.45) is 5.92 Å². The van der Waals surface area contributed by atoms with Gasteiger partial charge in [-0.2, -0.15) is 9.37 Å². The standard InChI is InChI=1S/C12H15F3N2/c1-7-4-3-5-17(8(7)2)12-10(14)6-9(13)11(15)16-12/h6-8H,3-5H2,1-2H3. The Morgan fingerprint density at radius 2 is 1.94 bits per heavy atom. The van der Waals surface area contributed by atoms with Crippen molar-refractivity contribution in [3.8, 4) is 0 Å². The summed E-state index contributed by atoms with van der Waals surface area (Å²) >= 11 is 0. The van der Waals surface area contributed by atoms with E-state index in [4.69, 9.17) is 0 Å². The summed E-state index contributed by atoms with van der Waals surface area (Å²) in [5.74, 6) is -2.98. The largest absolute Gasteiger partial charge is 0.351 e. The van der Waals surface area contributed by atoms with Crippen LogP contribution >= 0.6 is 0 Å². The Balaban J connectivity index is 2.36. The maximum absolute atomic E-state index is 13.6. The average Bonchev–Trinajstić information content (AvgIpc) is 2.28. The van der Waals surface area contributed by atoms with E-state index in [1.807, 2.05) is 6.92 Å². The summed E-state index contributed by atoms with van der Waals surface area (Å²) in [5.41, 5.74) is 0. The quantitative estimate of drug-likeness (QED) is 0.705. The predicted molar refractivity (Wildman–Crippen MR) is 59.3 cm³/mol. The molecule has 17 heavy (non-hydrogen) atoms. The van der Waals surface area contributed by atoms with E-state index in [2.05, 4.69) is 11.9 Å². The molecule has 1 aliphatic heterocycles. The number of aromatic nitrogens is 1. The van der Waals surface area contributed by atoms with E-state index >= 15 is 0 Å². The summed E-state index contributed by atoms with van der Waals surface area (Å²) in [5, 5.41) is 0.